The lowest BCUT2D eigenvalue weighted by atomic mass is 9.73. The van der Waals surface area contributed by atoms with Crippen molar-refractivity contribution in [2.24, 2.45) is 11.3 Å². The van der Waals surface area contributed by atoms with Gasteiger partial charge >= 0.3 is 0 Å². The molecule has 2 aromatic carbocycles. The van der Waals surface area contributed by atoms with E-state index in [1.807, 2.05) is 0 Å². The summed E-state index contributed by atoms with van der Waals surface area (Å²) in [6.45, 7) is 12.3. The lowest BCUT2D eigenvalue weighted by molar-refractivity contribution is 0.0379. The molecule has 4 nitrogen and oxygen atoms in total. The zero-order chi connectivity index (χ0) is 25.2. The van der Waals surface area contributed by atoms with E-state index in [9.17, 15) is 0 Å². The number of nitrogens with zero attached hydrogens (tertiary/aromatic N) is 2. The number of para-hydroxylation sites is 1. The van der Waals surface area contributed by atoms with Crippen molar-refractivity contribution < 1.29 is 9.47 Å². The fourth-order valence-corrected chi connectivity index (χ4v) is 6.24. The predicted octanol–water partition coefficient (Wildman–Crippen LogP) is 6.82. The predicted molar refractivity (Wildman–Crippen MR) is 150 cm³/mol. The molecule has 36 heavy (non-hydrogen) atoms. The Hall–Kier alpha value is -2.04. The van der Waals surface area contributed by atoms with Crippen LogP contribution in [0.4, 0.5) is 0 Å². The van der Waals surface area contributed by atoms with Gasteiger partial charge in [0.1, 0.15) is 18.1 Å². The first-order valence-corrected chi connectivity index (χ1v) is 14.4. The summed E-state index contributed by atoms with van der Waals surface area (Å²) in [7, 11) is 1.74. The van der Waals surface area contributed by atoms with Gasteiger partial charge in [-0.05, 0) is 85.9 Å². The van der Waals surface area contributed by atoms with Gasteiger partial charge < -0.3 is 14.4 Å². The Balaban J connectivity index is 1.49. The molecule has 198 valence electrons. The van der Waals surface area contributed by atoms with E-state index in [1.165, 1.54) is 82.3 Å². The maximum Gasteiger partial charge on any atom is 0.122 e. The van der Waals surface area contributed by atoms with Crippen molar-refractivity contribution in [3.8, 4) is 11.5 Å². The van der Waals surface area contributed by atoms with Gasteiger partial charge in [0.25, 0.3) is 0 Å². The van der Waals surface area contributed by atoms with Gasteiger partial charge in [-0.3, -0.25) is 4.90 Å². The van der Waals surface area contributed by atoms with E-state index >= 15 is 0 Å². The molecular weight excluding hydrogens is 444 g/mol. The van der Waals surface area contributed by atoms with Crippen molar-refractivity contribution in [1.82, 2.24) is 9.80 Å². The summed E-state index contributed by atoms with van der Waals surface area (Å²) in [5, 5.41) is 0. The molecule has 2 heterocycles. The zero-order valence-electron chi connectivity index (χ0n) is 23.0. The summed E-state index contributed by atoms with van der Waals surface area (Å²) in [6, 6.07) is 17.3. The van der Waals surface area contributed by atoms with Crippen molar-refractivity contribution in [1.29, 1.82) is 0 Å². The van der Waals surface area contributed by atoms with Crippen LogP contribution in [0.25, 0.3) is 0 Å². The molecular formula is C32H48N2O2. The molecule has 0 atom stereocenters. The SMILES string of the molecule is CCC(CC)CN1CCC2(CCCCc3ccccc3OCCN(Cc3ccc(OC)cc3)C2)CC1. The number of methoxy groups -OCH3 is 1. The molecule has 0 aromatic heterocycles. The number of benzene rings is 2. The molecule has 0 bridgehead atoms. The lowest BCUT2D eigenvalue weighted by Crippen LogP contribution is -2.48. The summed E-state index contributed by atoms with van der Waals surface area (Å²) >= 11 is 0. The van der Waals surface area contributed by atoms with Crippen LogP contribution in [0.1, 0.15) is 69.9 Å². The molecule has 1 spiro atoms. The minimum Gasteiger partial charge on any atom is -0.497 e. The number of hydrogen-bond donors (Lipinski definition) is 0. The summed E-state index contributed by atoms with van der Waals surface area (Å²) < 4.78 is 11.7. The van der Waals surface area contributed by atoms with Crippen molar-refractivity contribution >= 4 is 0 Å². The van der Waals surface area contributed by atoms with Gasteiger partial charge in [-0.2, -0.15) is 0 Å². The third-order valence-electron chi connectivity index (χ3n) is 8.75. The van der Waals surface area contributed by atoms with Gasteiger partial charge in [0.2, 0.25) is 0 Å². The summed E-state index contributed by atoms with van der Waals surface area (Å²) in [4.78, 5) is 5.43. The van der Waals surface area contributed by atoms with Gasteiger partial charge in [-0.25, -0.2) is 0 Å². The minimum absolute atomic E-state index is 0.412. The first-order valence-electron chi connectivity index (χ1n) is 14.4. The van der Waals surface area contributed by atoms with E-state index in [1.54, 1.807) is 7.11 Å². The quantitative estimate of drug-likeness (QED) is 0.423. The average molecular weight is 493 g/mol. The van der Waals surface area contributed by atoms with Crippen LogP contribution in [0.2, 0.25) is 0 Å². The van der Waals surface area contributed by atoms with Gasteiger partial charge in [-0.1, -0.05) is 63.4 Å². The average Bonchev–Trinajstić information content (AvgIpc) is 2.91. The molecule has 0 saturated carbocycles. The molecule has 0 N–H and O–H groups in total. The molecule has 1 saturated heterocycles. The maximum atomic E-state index is 6.36. The highest BCUT2D eigenvalue weighted by atomic mass is 16.5. The highest BCUT2D eigenvalue weighted by Gasteiger charge is 2.36. The van der Waals surface area contributed by atoms with Crippen LogP contribution in [-0.4, -0.2) is 56.2 Å². The number of aryl methyl sites for hydroxylation is 1. The zero-order valence-corrected chi connectivity index (χ0v) is 23.0. The Morgan fingerprint density at radius 1 is 0.889 bits per heavy atom. The molecule has 0 aliphatic carbocycles. The van der Waals surface area contributed by atoms with Gasteiger partial charge in [0.05, 0.1) is 7.11 Å². The molecule has 4 rings (SSSR count). The fourth-order valence-electron chi connectivity index (χ4n) is 6.24. The smallest absolute Gasteiger partial charge is 0.122 e. The molecule has 2 aromatic rings. The largest absolute Gasteiger partial charge is 0.497 e. The molecule has 0 radical (unpaired) electrons. The first-order chi connectivity index (χ1) is 17.6. The number of rotatable bonds is 7. The Kier molecular flexibility index (Phi) is 10.1. The number of ether oxygens (including phenoxy) is 2. The van der Waals surface area contributed by atoms with Crippen LogP contribution in [0.3, 0.4) is 0 Å². The minimum atomic E-state index is 0.412. The van der Waals surface area contributed by atoms with Crippen LogP contribution in [0.15, 0.2) is 48.5 Å². The monoisotopic (exact) mass is 492 g/mol. The Labute approximate surface area is 220 Å². The Morgan fingerprint density at radius 2 is 1.64 bits per heavy atom. The third-order valence-corrected chi connectivity index (χ3v) is 8.75. The van der Waals surface area contributed by atoms with E-state index in [0.29, 0.717) is 5.41 Å². The van der Waals surface area contributed by atoms with Crippen LogP contribution in [-0.2, 0) is 13.0 Å². The summed E-state index contributed by atoms with van der Waals surface area (Å²) in [6.07, 6.45) is 10.3. The molecule has 2 aliphatic rings. The van der Waals surface area contributed by atoms with Crippen molar-refractivity contribution in [3.63, 3.8) is 0 Å². The molecule has 1 fully saturated rings. The number of fused-ring (bicyclic) bond motifs is 1. The van der Waals surface area contributed by atoms with E-state index in [0.717, 1.165) is 43.5 Å². The number of hydrogen-bond acceptors (Lipinski definition) is 4. The fraction of sp³-hybridized carbons (Fsp3) is 0.625. The summed E-state index contributed by atoms with van der Waals surface area (Å²) in [5.74, 6) is 2.85. The van der Waals surface area contributed by atoms with E-state index < -0.39 is 0 Å². The van der Waals surface area contributed by atoms with Crippen LogP contribution >= 0.6 is 0 Å². The van der Waals surface area contributed by atoms with Gasteiger partial charge in [0.15, 0.2) is 0 Å². The Bertz CT molecular complexity index is 901. The highest BCUT2D eigenvalue weighted by molar-refractivity contribution is 5.33. The molecule has 0 unspecified atom stereocenters. The number of piperidine rings is 1. The Morgan fingerprint density at radius 3 is 2.36 bits per heavy atom. The van der Waals surface area contributed by atoms with Crippen molar-refractivity contribution in [3.05, 3.63) is 59.7 Å². The summed E-state index contributed by atoms with van der Waals surface area (Å²) in [5.41, 5.74) is 3.13. The van der Waals surface area contributed by atoms with E-state index in [4.69, 9.17) is 9.47 Å². The molecule has 2 aliphatic heterocycles. The van der Waals surface area contributed by atoms with Crippen LogP contribution < -0.4 is 9.47 Å². The van der Waals surface area contributed by atoms with E-state index in [2.05, 4.69) is 72.2 Å². The second-order valence-corrected chi connectivity index (χ2v) is 11.2. The highest BCUT2D eigenvalue weighted by Crippen LogP contribution is 2.39. The normalized spacial score (nSPS) is 19.8. The standard InChI is InChI=1S/C32H48N2O2/c1-4-27(5-2)24-33-20-18-32(19-21-33)17-9-8-11-29-10-6-7-12-31(29)36-23-22-34(26-32)25-28-13-15-30(35-3)16-14-28/h6-7,10,12-16,27H,4-5,8-9,11,17-26H2,1-3H3. The molecule has 0 amide bonds. The lowest BCUT2D eigenvalue weighted by Gasteiger charge is -2.45. The molecule has 4 heteroatoms. The van der Waals surface area contributed by atoms with E-state index in [-0.39, 0.29) is 0 Å². The van der Waals surface area contributed by atoms with Crippen LogP contribution in [0.5, 0.6) is 11.5 Å². The second kappa shape index (κ2) is 13.5. The number of likely N-dealkylation sites (tertiary alicyclic amines) is 1. The third kappa shape index (κ3) is 7.49. The topological polar surface area (TPSA) is 24.9 Å². The van der Waals surface area contributed by atoms with Gasteiger partial charge in [0, 0.05) is 26.2 Å². The maximum absolute atomic E-state index is 6.36. The second-order valence-electron chi connectivity index (χ2n) is 11.2. The first kappa shape index (κ1) is 27.0. The van der Waals surface area contributed by atoms with Crippen LogP contribution in [0, 0.1) is 11.3 Å². The van der Waals surface area contributed by atoms with Crippen molar-refractivity contribution in [2.45, 2.75) is 71.8 Å². The van der Waals surface area contributed by atoms with Gasteiger partial charge in [-0.15, -0.1) is 0 Å². The van der Waals surface area contributed by atoms with Crippen molar-refractivity contribution in [2.75, 3.05) is 46.4 Å².